The van der Waals surface area contributed by atoms with Gasteiger partial charge in [-0.25, -0.2) is 8.78 Å². The van der Waals surface area contributed by atoms with Crippen molar-refractivity contribution in [2.45, 2.75) is 62.4 Å². The van der Waals surface area contributed by atoms with Gasteiger partial charge in [-0.2, -0.15) is 9.97 Å². The van der Waals surface area contributed by atoms with E-state index in [-0.39, 0.29) is 51.5 Å². The number of benzene rings is 3. The molecule has 1 saturated carbocycles. The number of aromatic hydroxyl groups is 1. The Kier molecular flexibility index (Phi) is 6.22. The Morgan fingerprint density at radius 3 is 2.77 bits per heavy atom. The molecule has 5 aliphatic heterocycles. The van der Waals surface area contributed by atoms with Crippen LogP contribution in [0.2, 0.25) is 0 Å². The van der Waals surface area contributed by atoms with E-state index in [4.69, 9.17) is 30.6 Å². The Hall–Kier alpha value is -4.24. The largest absolute Gasteiger partial charge is 0.508 e. The van der Waals surface area contributed by atoms with E-state index in [1.807, 2.05) is 0 Å². The zero-order valence-electron chi connectivity index (χ0n) is 26.3. The number of morpholine rings is 1. The van der Waals surface area contributed by atoms with Crippen LogP contribution in [0.5, 0.6) is 17.5 Å². The number of phenolic OH excluding ortho intramolecular Hbond substituents is 1. The number of phenols is 1. The molecule has 5 fully saturated rings. The highest BCUT2D eigenvalue weighted by Crippen LogP contribution is 2.49. The summed E-state index contributed by atoms with van der Waals surface area (Å²) in [6.07, 6.45) is 11.4. The highest BCUT2D eigenvalue weighted by Gasteiger charge is 2.50. The van der Waals surface area contributed by atoms with Gasteiger partial charge in [-0.1, -0.05) is 12.0 Å². The number of piperazine rings is 1. The SMILES string of the molecule is C#Cc1c(F)ccc2cc(O)cc(-c3cc4c5c(nc(OCC6(CN7C[C@@H]8C[C@H]7CO8)CC6)nc5c3F)N3C[C@H]5CC[C@H](N5)[C@H]3CO4)c12. The number of hydrogen-bond donors (Lipinski definition) is 2. The Labute approximate surface area is 276 Å². The van der Waals surface area contributed by atoms with E-state index < -0.39 is 11.6 Å². The standard InChI is InChI=1S/C37H35F2N5O4/c1-2-24-27(38)5-3-19-9-22(45)11-25(31(19)24)26-12-30-32-34(33(26)39)41-36(42-35(32)44-13-20-4-6-28(40-20)29(44)16-47-30)48-18-37(7-8-37)17-43-14-23-10-21(43)15-46-23/h1,3,5,9,11-12,20-21,23,28-29,40,45H,4,6-8,10,13-18H2/t20-,21+,23+,28+,29-/m1/s1. The normalized spacial score (nSPS) is 27.9. The van der Waals surface area contributed by atoms with Crippen molar-refractivity contribution in [1.29, 1.82) is 0 Å². The summed E-state index contributed by atoms with van der Waals surface area (Å²) in [5.41, 5.74) is 0.415. The number of nitrogens with zero attached hydrogens (tertiary/aromatic N) is 4. The summed E-state index contributed by atoms with van der Waals surface area (Å²) in [6, 6.07) is 8.39. The molecule has 6 heterocycles. The molecule has 0 amide bonds. The molecule has 2 N–H and O–H groups in total. The molecule has 246 valence electrons. The average Bonchev–Trinajstić information content (AvgIpc) is 3.35. The fourth-order valence-electron chi connectivity index (χ4n) is 8.93. The molecular weight excluding hydrogens is 616 g/mol. The molecule has 6 aliphatic rings. The first-order valence-corrected chi connectivity index (χ1v) is 17.0. The second kappa shape index (κ2) is 10.4. The van der Waals surface area contributed by atoms with Crippen LogP contribution in [0.15, 0.2) is 30.3 Å². The van der Waals surface area contributed by atoms with Crippen LogP contribution in [0.3, 0.4) is 0 Å². The first-order valence-electron chi connectivity index (χ1n) is 17.0. The molecule has 1 aliphatic carbocycles. The van der Waals surface area contributed by atoms with Crippen molar-refractivity contribution in [3.8, 4) is 41.0 Å². The van der Waals surface area contributed by atoms with Gasteiger partial charge in [-0.15, -0.1) is 6.42 Å². The van der Waals surface area contributed by atoms with Crippen LogP contribution in [0.1, 0.15) is 37.7 Å². The van der Waals surface area contributed by atoms with Crippen molar-refractivity contribution in [3.05, 3.63) is 47.5 Å². The van der Waals surface area contributed by atoms with Crippen LogP contribution in [0.25, 0.3) is 32.8 Å². The fraction of sp³-hybridized carbons (Fsp3) is 0.459. The minimum atomic E-state index is -0.643. The number of nitrogens with one attached hydrogen (secondary N) is 1. The molecule has 48 heavy (non-hydrogen) atoms. The van der Waals surface area contributed by atoms with Crippen LogP contribution in [-0.2, 0) is 4.74 Å². The number of terminal acetylenes is 1. The molecule has 5 atom stereocenters. The Bertz CT molecular complexity index is 2060. The zero-order chi connectivity index (χ0) is 32.3. The van der Waals surface area contributed by atoms with E-state index in [1.54, 1.807) is 6.07 Å². The summed E-state index contributed by atoms with van der Waals surface area (Å²) in [5.74, 6) is 2.12. The lowest BCUT2D eigenvalue weighted by Crippen LogP contribution is -2.60. The Morgan fingerprint density at radius 2 is 1.98 bits per heavy atom. The van der Waals surface area contributed by atoms with Crippen LogP contribution >= 0.6 is 0 Å². The van der Waals surface area contributed by atoms with Gasteiger partial charge < -0.3 is 29.5 Å². The fourth-order valence-corrected chi connectivity index (χ4v) is 8.93. The Balaban J connectivity index is 1.11. The molecule has 4 aromatic rings. The number of likely N-dealkylation sites (tertiary alicyclic amines) is 1. The number of aromatic nitrogens is 2. The van der Waals surface area contributed by atoms with Gasteiger partial charge in [-0.3, -0.25) is 4.90 Å². The van der Waals surface area contributed by atoms with Gasteiger partial charge in [0.15, 0.2) is 5.82 Å². The third-order valence-corrected chi connectivity index (χ3v) is 11.6. The van der Waals surface area contributed by atoms with E-state index in [9.17, 15) is 5.11 Å². The third-order valence-electron chi connectivity index (χ3n) is 11.6. The Morgan fingerprint density at radius 1 is 1.08 bits per heavy atom. The van der Waals surface area contributed by atoms with Crippen LogP contribution in [0, 0.1) is 29.4 Å². The topological polar surface area (TPSA) is 92.2 Å². The maximum absolute atomic E-state index is 17.1. The van der Waals surface area contributed by atoms with E-state index in [0.29, 0.717) is 65.7 Å². The van der Waals surface area contributed by atoms with Crippen molar-refractivity contribution < 1.29 is 28.1 Å². The first kappa shape index (κ1) is 28.7. The van der Waals surface area contributed by atoms with Gasteiger partial charge in [0.05, 0.1) is 36.3 Å². The van der Waals surface area contributed by atoms with Gasteiger partial charge in [0.25, 0.3) is 0 Å². The summed E-state index contributed by atoms with van der Waals surface area (Å²) in [6.45, 7) is 4.22. The zero-order valence-corrected chi connectivity index (χ0v) is 26.3. The predicted octanol–water partition coefficient (Wildman–Crippen LogP) is 4.75. The molecule has 0 unspecified atom stereocenters. The highest BCUT2D eigenvalue weighted by molar-refractivity contribution is 6.06. The van der Waals surface area contributed by atoms with Crippen LogP contribution in [-0.4, -0.2) is 89.7 Å². The summed E-state index contributed by atoms with van der Waals surface area (Å²) >= 11 is 0. The third kappa shape index (κ3) is 4.39. The summed E-state index contributed by atoms with van der Waals surface area (Å²) < 4.78 is 50.9. The molecule has 4 saturated heterocycles. The molecule has 1 aromatic heterocycles. The number of anilines is 1. The highest BCUT2D eigenvalue weighted by atomic mass is 19.1. The van der Waals surface area contributed by atoms with E-state index in [1.165, 1.54) is 24.3 Å². The number of rotatable bonds is 6. The molecule has 4 bridgehead atoms. The van der Waals surface area contributed by atoms with Gasteiger partial charge >= 0.3 is 6.01 Å². The second-order valence-electron chi connectivity index (χ2n) is 14.6. The van der Waals surface area contributed by atoms with Crippen molar-refractivity contribution in [3.63, 3.8) is 0 Å². The molecular formula is C37H35F2N5O4. The lowest BCUT2D eigenvalue weighted by atomic mass is 9.92. The molecule has 0 spiro atoms. The van der Waals surface area contributed by atoms with E-state index in [2.05, 4.69) is 21.0 Å². The average molecular weight is 652 g/mol. The smallest absolute Gasteiger partial charge is 0.319 e. The summed E-state index contributed by atoms with van der Waals surface area (Å²) in [5, 5.41) is 15.7. The van der Waals surface area contributed by atoms with Gasteiger partial charge in [-0.05, 0) is 67.3 Å². The van der Waals surface area contributed by atoms with Crippen LogP contribution in [0.4, 0.5) is 14.6 Å². The van der Waals surface area contributed by atoms with Gasteiger partial charge in [0.1, 0.15) is 35.3 Å². The number of ether oxygens (including phenoxy) is 3. The second-order valence-corrected chi connectivity index (χ2v) is 14.6. The van der Waals surface area contributed by atoms with Gasteiger partial charge in [0.2, 0.25) is 0 Å². The number of halogens is 2. The first-order chi connectivity index (χ1) is 23.4. The summed E-state index contributed by atoms with van der Waals surface area (Å²) in [4.78, 5) is 14.5. The quantitative estimate of drug-likeness (QED) is 0.287. The maximum atomic E-state index is 17.1. The minimum absolute atomic E-state index is 0.00655. The molecule has 3 aromatic carbocycles. The molecule has 9 nitrogen and oxygen atoms in total. The van der Waals surface area contributed by atoms with Crippen LogP contribution < -0.4 is 19.7 Å². The monoisotopic (exact) mass is 651 g/mol. The predicted molar refractivity (Wildman–Crippen MR) is 175 cm³/mol. The molecule has 10 rings (SSSR count). The molecule has 0 radical (unpaired) electrons. The van der Waals surface area contributed by atoms with Crippen molar-refractivity contribution in [2.75, 3.05) is 44.4 Å². The summed E-state index contributed by atoms with van der Waals surface area (Å²) in [7, 11) is 0. The van der Waals surface area contributed by atoms with E-state index in [0.717, 1.165) is 51.8 Å². The lowest BCUT2D eigenvalue weighted by Gasteiger charge is -2.40. The lowest BCUT2D eigenvalue weighted by molar-refractivity contribution is 0.0176. The number of hydrogen-bond acceptors (Lipinski definition) is 9. The maximum Gasteiger partial charge on any atom is 0.319 e. The number of fused-ring (bicyclic) bond motifs is 8. The minimum Gasteiger partial charge on any atom is -0.508 e. The van der Waals surface area contributed by atoms with Crippen molar-refractivity contribution in [1.82, 2.24) is 20.2 Å². The van der Waals surface area contributed by atoms with Crippen molar-refractivity contribution >= 4 is 27.5 Å². The van der Waals surface area contributed by atoms with Crippen molar-refractivity contribution in [2.24, 2.45) is 5.41 Å². The van der Waals surface area contributed by atoms with E-state index >= 15 is 8.78 Å². The molecule has 11 heteroatoms. The van der Waals surface area contributed by atoms with Gasteiger partial charge in [0, 0.05) is 54.1 Å².